The molecule has 0 bridgehead atoms. The fourth-order valence-electron chi connectivity index (χ4n) is 3.42. The third-order valence-electron chi connectivity index (χ3n) is 4.61. The smallest absolute Gasteiger partial charge is 0.267 e. The van der Waals surface area contributed by atoms with E-state index in [9.17, 15) is 19.1 Å². The Balaban J connectivity index is 1.96. The van der Waals surface area contributed by atoms with Crippen LogP contribution in [0.5, 0.6) is 5.75 Å². The molecule has 132 valence electrons. The number of aryl methyl sites for hydroxylation is 1. The fourth-order valence-corrected chi connectivity index (χ4v) is 3.42. The average Bonchev–Trinajstić information content (AvgIpc) is 2.61. The zero-order chi connectivity index (χ0) is 18.4. The molecule has 26 heavy (non-hydrogen) atoms. The lowest BCUT2D eigenvalue weighted by Crippen LogP contribution is -2.33. The molecule has 3 aromatic rings. The number of benzene rings is 1. The highest BCUT2D eigenvalue weighted by Gasteiger charge is 2.28. The largest absolute Gasteiger partial charge is 0.506 e. The van der Waals surface area contributed by atoms with Crippen LogP contribution in [0.1, 0.15) is 35.3 Å². The number of nitrogens with one attached hydrogen (secondary N) is 1. The number of hydrogen-bond donors (Lipinski definition) is 2. The normalized spacial score (nSPS) is 15.8. The summed E-state index contributed by atoms with van der Waals surface area (Å²) in [4.78, 5) is 33.3. The van der Waals surface area contributed by atoms with Crippen LogP contribution in [0.4, 0.5) is 10.3 Å². The summed E-state index contributed by atoms with van der Waals surface area (Å²) >= 11 is 0. The topological polar surface area (TPSA) is 97.1 Å². The van der Waals surface area contributed by atoms with Crippen molar-refractivity contribution in [2.24, 2.45) is 0 Å². The molecule has 2 aromatic heterocycles. The molecule has 0 fully saturated rings. The molecule has 0 radical (unpaired) electrons. The Morgan fingerprint density at radius 3 is 2.81 bits per heavy atom. The second-order valence-electron chi connectivity index (χ2n) is 6.27. The van der Waals surface area contributed by atoms with Crippen LogP contribution in [-0.4, -0.2) is 25.5 Å². The molecular weight excluding hydrogens is 339 g/mol. The summed E-state index contributed by atoms with van der Waals surface area (Å²) < 4.78 is 15.4. The molecule has 0 aliphatic carbocycles. The predicted octanol–water partition coefficient (Wildman–Crippen LogP) is 2.40. The van der Waals surface area contributed by atoms with Crippen LogP contribution < -0.4 is 10.9 Å². The van der Waals surface area contributed by atoms with Crippen LogP contribution >= 0.6 is 0 Å². The van der Waals surface area contributed by atoms with E-state index >= 15 is 0 Å². The van der Waals surface area contributed by atoms with Crippen molar-refractivity contribution in [2.75, 3.05) is 5.32 Å². The number of aromatic hydroxyl groups is 1. The van der Waals surface area contributed by atoms with E-state index in [0.29, 0.717) is 23.9 Å². The highest BCUT2D eigenvalue weighted by molar-refractivity contribution is 6.08. The summed E-state index contributed by atoms with van der Waals surface area (Å²) in [5.74, 6) is -1.90. The summed E-state index contributed by atoms with van der Waals surface area (Å²) in [6, 6.07) is 3.90. The standard InChI is InChI=1S/C18H15FN4O3/c1-9-3-4-10-7-11(19)8-12-14(10)23(9)17(26)13(15(12)24)16(25)22-18-20-5-2-6-21-18/h2,5-9,24H,3-4H2,1H3,(H,20,21,22,25). The first-order chi connectivity index (χ1) is 12.5. The van der Waals surface area contributed by atoms with E-state index in [1.807, 2.05) is 6.92 Å². The van der Waals surface area contributed by atoms with Crippen LogP contribution in [-0.2, 0) is 6.42 Å². The fraction of sp³-hybridized carbons (Fsp3) is 0.222. The van der Waals surface area contributed by atoms with Crippen molar-refractivity contribution in [1.29, 1.82) is 0 Å². The van der Waals surface area contributed by atoms with Gasteiger partial charge >= 0.3 is 0 Å². The molecule has 1 atom stereocenters. The van der Waals surface area contributed by atoms with E-state index in [4.69, 9.17) is 0 Å². The van der Waals surface area contributed by atoms with Gasteiger partial charge in [-0.1, -0.05) is 0 Å². The number of nitrogens with zero attached hydrogens (tertiary/aromatic N) is 3. The van der Waals surface area contributed by atoms with Gasteiger partial charge in [-0.15, -0.1) is 0 Å². The van der Waals surface area contributed by atoms with Gasteiger partial charge < -0.3 is 9.67 Å². The van der Waals surface area contributed by atoms with Crippen molar-refractivity contribution in [2.45, 2.75) is 25.8 Å². The van der Waals surface area contributed by atoms with E-state index in [1.54, 1.807) is 6.07 Å². The molecule has 0 saturated heterocycles. The lowest BCUT2D eigenvalue weighted by molar-refractivity contribution is 0.102. The lowest BCUT2D eigenvalue weighted by atomic mass is 9.95. The number of anilines is 1. The number of carbonyl (C=O) groups excluding carboxylic acids is 1. The van der Waals surface area contributed by atoms with Crippen LogP contribution in [0.15, 0.2) is 35.4 Å². The van der Waals surface area contributed by atoms with Crippen molar-refractivity contribution in [1.82, 2.24) is 14.5 Å². The summed E-state index contributed by atoms with van der Waals surface area (Å²) in [6.07, 6.45) is 4.10. The molecule has 1 amide bonds. The molecule has 3 heterocycles. The number of hydrogen-bond acceptors (Lipinski definition) is 5. The van der Waals surface area contributed by atoms with Gasteiger partial charge in [0.1, 0.15) is 17.1 Å². The number of pyridine rings is 1. The minimum absolute atomic E-state index is 0.00280. The van der Waals surface area contributed by atoms with Gasteiger partial charge in [-0.05, 0) is 43.5 Å². The summed E-state index contributed by atoms with van der Waals surface area (Å²) in [6.45, 7) is 1.85. The maximum Gasteiger partial charge on any atom is 0.267 e. The zero-order valence-electron chi connectivity index (χ0n) is 13.9. The van der Waals surface area contributed by atoms with Crippen LogP contribution in [0.3, 0.4) is 0 Å². The van der Waals surface area contributed by atoms with Gasteiger partial charge in [0, 0.05) is 23.8 Å². The lowest BCUT2D eigenvalue weighted by Gasteiger charge is -2.26. The van der Waals surface area contributed by atoms with Gasteiger partial charge in [0.25, 0.3) is 11.5 Å². The van der Waals surface area contributed by atoms with Gasteiger partial charge in [0.05, 0.1) is 5.52 Å². The molecular formula is C18H15FN4O3. The predicted molar refractivity (Wildman–Crippen MR) is 92.8 cm³/mol. The Hall–Kier alpha value is -3.29. The van der Waals surface area contributed by atoms with E-state index in [1.165, 1.54) is 23.0 Å². The highest BCUT2D eigenvalue weighted by atomic mass is 19.1. The third kappa shape index (κ3) is 2.42. The van der Waals surface area contributed by atoms with E-state index < -0.39 is 28.6 Å². The molecule has 4 rings (SSSR count). The SMILES string of the molecule is CC1CCc2cc(F)cc3c(O)c(C(=O)Nc4ncccn4)c(=O)n1c23. The van der Waals surface area contributed by atoms with Crippen LogP contribution in [0.25, 0.3) is 10.9 Å². The van der Waals surface area contributed by atoms with Crippen molar-refractivity contribution in [3.05, 3.63) is 57.9 Å². The van der Waals surface area contributed by atoms with Gasteiger partial charge in [0.15, 0.2) is 0 Å². The van der Waals surface area contributed by atoms with Crippen molar-refractivity contribution >= 4 is 22.8 Å². The molecule has 8 heteroatoms. The van der Waals surface area contributed by atoms with Gasteiger partial charge in [-0.25, -0.2) is 14.4 Å². The molecule has 0 spiro atoms. The van der Waals surface area contributed by atoms with E-state index in [0.717, 1.165) is 6.07 Å². The highest BCUT2D eigenvalue weighted by Crippen LogP contribution is 2.35. The van der Waals surface area contributed by atoms with E-state index in [2.05, 4.69) is 15.3 Å². The Morgan fingerprint density at radius 2 is 2.08 bits per heavy atom. The Morgan fingerprint density at radius 1 is 1.35 bits per heavy atom. The van der Waals surface area contributed by atoms with Gasteiger partial charge in [-0.2, -0.15) is 0 Å². The minimum atomic E-state index is -0.840. The van der Waals surface area contributed by atoms with Crippen LogP contribution in [0, 0.1) is 5.82 Å². The molecule has 2 N–H and O–H groups in total. The maximum absolute atomic E-state index is 14.0. The Kier molecular flexibility index (Phi) is 3.68. The molecule has 1 aliphatic heterocycles. The van der Waals surface area contributed by atoms with Gasteiger partial charge in [0.2, 0.25) is 5.95 Å². The number of carbonyl (C=O) groups is 1. The zero-order valence-corrected chi connectivity index (χ0v) is 13.9. The number of halogens is 1. The second-order valence-corrected chi connectivity index (χ2v) is 6.27. The summed E-state index contributed by atoms with van der Waals surface area (Å²) in [5.41, 5.74) is 0.0442. The first-order valence-electron chi connectivity index (χ1n) is 8.15. The Bertz CT molecular complexity index is 1100. The van der Waals surface area contributed by atoms with E-state index in [-0.39, 0.29) is 17.4 Å². The average molecular weight is 354 g/mol. The molecule has 0 saturated carbocycles. The first-order valence-corrected chi connectivity index (χ1v) is 8.15. The molecule has 1 aliphatic rings. The summed E-state index contributed by atoms with van der Waals surface area (Å²) in [5, 5.41) is 13.1. The Labute approximate surface area is 147 Å². The second kappa shape index (κ2) is 5.91. The van der Waals surface area contributed by atoms with Crippen molar-refractivity contribution in [3.8, 4) is 5.75 Å². The molecule has 1 aromatic carbocycles. The monoisotopic (exact) mass is 354 g/mol. The quantitative estimate of drug-likeness (QED) is 0.736. The van der Waals surface area contributed by atoms with Crippen molar-refractivity contribution in [3.63, 3.8) is 0 Å². The van der Waals surface area contributed by atoms with Gasteiger partial charge in [-0.3, -0.25) is 14.9 Å². The first kappa shape index (κ1) is 16.2. The number of aromatic nitrogens is 3. The summed E-state index contributed by atoms with van der Waals surface area (Å²) in [7, 11) is 0. The third-order valence-corrected chi connectivity index (χ3v) is 4.61. The maximum atomic E-state index is 14.0. The number of rotatable bonds is 2. The van der Waals surface area contributed by atoms with Crippen LogP contribution in [0.2, 0.25) is 0 Å². The number of amides is 1. The molecule has 7 nitrogen and oxygen atoms in total. The minimum Gasteiger partial charge on any atom is -0.506 e. The molecule has 1 unspecified atom stereocenters. The van der Waals surface area contributed by atoms with Crippen molar-refractivity contribution < 1.29 is 14.3 Å².